The average Bonchev–Trinajstić information content (AvgIpc) is 2.36. The maximum atomic E-state index is 13.5. The van der Waals surface area contributed by atoms with E-state index in [1.807, 2.05) is 0 Å². The fraction of sp³-hybridized carbons (Fsp3) is 0.308. The zero-order valence-corrected chi connectivity index (χ0v) is 10.5. The van der Waals surface area contributed by atoms with Crippen molar-refractivity contribution in [1.82, 2.24) is 4.90 Å². The normalized spacial score (nSPS) is 15.9. The second-order valence-corrected chi connectivity index (χ2v) is 4.52. The molecule has 0 spiro atoms. The van der Waals surface area contributed by atoms with Crippen LogP contribution in [-0.2, 0) is 6.18 Å². The van der Waals surface area contributed by atoms with E-state index < -0.39 is 35.0 Å². The molecule has 0 aromatic heterocycles. The lowest BCUT2D eigenvalue weighted by Crippen LogP contribution is -2.33. The Balaban J connectivity index is 2.47. The second-order valence-electron chi connectivity index (χ2n) is 4.52. The minimum Gasteiger partial charge on any atom is -0.465 e. The van der Waals surface area contributed by atoms with Crippen molar-refractivity contribution in [3.63, 3.8) is 0 Å². The molecule has 8 heteroatoms. The summed E-state index contributed by atoms with van der Waals surface area (Å²) in [4.78, 5) is 11.7. The quantitative estimate of drug-likeness (QED) is 0.803. The Morgan fingerprint density at radius 3 is 2.38 bits per heavy atom. The summed E-state index contributed by atoms with van der Waals surface area (Å²) in [6.07, 6.45) is -4.97. The van der Waals surface area contributed by atoms with E-state index in [0.717, 1.165) is 4.90 Å². The Kier molecular flexibility index (Phi) is 3.89. The fourth-order valence-corrected chi connectivity index (χ4v) is 2.20. The van der Waals surface area contributed by atoms with Crippen LogP contribution in [0, 0.1) is 11.6 Å². The third-order valence-corrected chi connectivity index (χ3v) is 3.16. The highest BCUT2D eigenvalue weighted by Gasteiger charge is 2.38. The molecule has 2 rings (SSSR count). The number of nitrogens with zero attached hydrogens (tertiary/aromatic N) is 1. The van der Waals surface area contributed by atoms with E-state index in [0.29, 0.717) is 6.07 Å². The number of amides is 1. The number of halogens is 5. The molecule has 21 heavy (non-hydrogen) atoms. The first kappa shape index (κ1) is 15.3. The lowest BCUT2D eigenvalue weighted by Gasteiger charge is -2.25. The predicted molar refractivity (Wildman–Crippen MR) is 63.6 cm³/mol. The Labute approximate surface area is 116 Å². The number of carbonyl (C=O) groups is 1. The number of benzene rings is 1. The molecule has 0 saturated carbocycles. The van der Waals surface area contributed by atoms with E-state index in [4.69, 9.17) is 5.11 Å². The zero-order valence-electron chi connectivity index (χ0n) is 10.5. The summed E-state index contributed by atoms with van der Waals surface area (Å²) < 4.78 is 65.4. The molecule has 0 bridgehead atoms. The van der Waals surface area contributed by atoms with Crippen molar-refractivity contribution in [2.24, 2.45) is 0 Å². The largest absolute Gasteiger partial charge is 0.465 e. The Morgan fingerprint density at radius 1 is 1.24 bits per heavy atom. The van der Waals surface area contributed by atoms with Gasteiger partial charge in [0.05, 0.1) is 5.56 Å². The third kappa shape index (κ3) is 3.14. The van der Waals surface area contributed by atoms with Crippen molar-refractivity contribution in [2.45, 2.75) is 12.6 Å². The first-order valence-electron chi connectivity index (χ1n) is 5.93. The molecule has 3 nitrogen and oxygen atoms in total. The minimum absolute atomic E-state index is 0.0312. The summed E-state index contributed by atoms with van der Waals surface area (Å²) in [6.45, 7) is -0.156. The first-order chi connectivity index (χ1) is 9.70. The van der Waals surface area contributed by atoms with E-state index in [-0.39, 0.29) is 31.1 Å². The molecular formula is C13H10F5NO2. The molecular weight excluding hydrogens is 297 g/mol. The van der Waals surface area contributed by atoms with Gasteiger partial charge in [-0.1, -0.05) is 6.08 Å². The number of carboxylic acid groups (broad SMARTS) is 1. The minimum atomic E-state index is -4.96. The van der Waals surface area contributed by atoms with E-state index in [9.17, 15) is 26.7 Å². The van der Waals surface area contributed by atoms with Crippen molar-refractivity contribution in [1.29, 1.82) is 0 Å². The Morgan fingerprint density at radius 2 is 1.90 bits per heavy atom. The van der Waals surface area contributed by atoms with Crippen LogP contribution in [0.3, 0.4) is 0 Å². The summed E-state index contributed by atoms with van der Waals surface area (Å²) in [5, 5.41) is 8.76. The van der Waals surface area contributed by atoms with Gasteiger partial charge >= 0.3 is 12.3 Å². The molecule has 1 heterocycles. The maximum Gasteiger partial charge on any atom is 0.419 e. The van der Waals surface area contributed by atoms with Gasteiger partial charge in [-0.15, -0.1) is 0 Å². The van der Waals surface area contributed by atoms with Crippen molar-refractivity contribution in [2.75, 3.05) is 13.1 Å². The highest BCUT2D eigenvalue weighted by atomic mass is 19.4. The lowest BCUT2D eigenvalue weighted by molar-refractivity contribution is -0.140. The van der Waals surface area contributed by atoms with Crippen LogP contribution >= 0.6 is 0 Å². The topological polar surface area (TPSA) is 40.5 Å². The molecule has 0 atom stereocenters. The summed E-state index contributed by atoms with van der Waals surface area (Å²) in [6, 6.07) is 0.799. The molecule has 0 aliphatic carbocycles. The second kappa shape index (κ2) is 5.34. The van der Waals surface area contributed by atoms with Crippen LogP contribution in [0.4, 0.5) is 26.7 Å². The van der Waals surface area contributed by atoms with Crippen molar-refractivity contribution in [3.8, 4) is 0 Å². The fourth-order valence-electron chi connectivity index (χ4n) is 2.20. The van der Waals surface area contributed by atoms with Crippen LogP contribution in [0.1, 0.15) is 17.5 Å². The van der Waals surface area contributed by atoms with Crippen LogP contribution in [0.5, 0.6) is 0 Å². The van der Waals surface area contributed by atoms with Gasteiger partial charge in [0.1, 0.15) is 11.6 Å². The molecule has 1 aliphatic rings. The molecule has 0 saturated heterocycles. The summed E-state index contributed by atoms with van der Waals surface area (Å²) in [7, 11) is 0. The molecule has 114 valence electrons. The predicted octanol–water partition coefficient (Wildman–Crippen LogP) is 3.75. The summed E-state index contributed by atoms with van der Waals surface area (Å²) >= 11 is 0. The molecule has 1 aromatic carbocycles. The summed E-state index contributed by atoms with van der Waals surface area (Å²) in [5.41, 5.74) is -2.03. The van der Waals surface area contributed by atoms with Crippen molar-refractivity contribution < 1.29 is 31.9 Å². The Hall–Kier alpha value is -2.12. The SMILES string of the molecule is O=C(O)N1CC=C(c2cc(F)cc(F)c2C(F)(F)F)CC1. The highest BCUT2D eigenvalue weighted by molar-refractivity contribution is 5.73. The standard InChI is InChI=1S/C13H10F5NO2/c14-8-5-9(11(10(15)6-8)13(16,17)18)7-1-3-19(4-2-7)12(20)21/h1,5-6H,2-4H2,(H,20,21). The van der Waals surface area contributed by atoms with Crippen molar-refractivity contribution in [3.05, 3.63) is 41.0 Å². The number of hydrogen-bond donors (Lipinski definition) is 1. The number of rotatable bonds is 1. The van der Waals surface area contributed by atoms with E-state index in [1.165, 1.54) is 6.08 Å². The zero-order chi connectivity index (χ0) is 15.8. The van der Waals surface area contributed by atoms with Crippen LogP contribution in [0.2, 0.25) is 0 Å². The van der Waals surface area contributed by atoms with Gasteiger partial charge in [0, 0.05) is 19.2 Å². The van der Waals surface area contributed by atoms with Crippen LogP contribution in [0.25, 0.3) is 5.57 Å². The average molecular weight is 307 g/mol. The lowest BCUT2D eigenvalue weighted by atomic mass is 9.94. The first-order valence-corrected chi connectivity index (χ1v) is 5.93. The van der Waals surface area contributed by atoms with Gasteiger partial charge < -0.3 is 10.0 Å². The van der Waals surface area contributed by atoms with Crippen molar-refractivity contribution >= 4 is 11.7 Å². The van der Waals surface area contributed by atoms with Gasteiger partial charge in [-0.3, -0.25) is 0 Å². The smallest absolute Gasteiger partial charge is 0.419 e. The van der Waals surface area contributed by atoms with E-state index >= 15 is 0 Å². The Bertz CT molecular complexity index is 609. The van der Waals surface area contributed by atoms with Gasteiger partial charge in [0.2, 0.25) is 0 Å². The number of alkyl halides is 3. The molecule has 1 aromatic rings. The summed E-state index contributed by atoms with van der Waals surface area (Å²) in [5.74, 6) is -2.80. The van der Waals surface area contributed by atoms with Crippen LogP contribution < -0.4 is 0 Å². The van der Waals surface area contributed by atoms with E-state index in [1.54, 1.807) is 0 Å². The molecule has 1 amide bonds. The number of hydrogen-bond acceptors (Lipinski definition) is 1. The maximum absolute atomic E-state index is 13.5. The molecule has 0 fully saturated rings. The van der Waals surface area contributed by atoms with E-state index in [2.05, 4.69) is 0 Å². The van der Waals surface area contributed by atoms with Gasteiger partial charge in [-0.05, 0) is 23.6 Å². The molecule has 0 radical (unpaired) electrons. The molecule has 0 unspecified atom stereocenters. The monoisotopic (exact) mass is 307 g/mol. The van der Waals surface area contributed by atoms with Gasteiger partial charge in [0.25, 0.3) is 0 Å². The van der Waals surface area contributed by atoms with Gasteiger partial charge in [-0.2, -0.15) is 13.2 Å². The van der Waals surface area contributed by atoms with Gasteiger partial charge in [-0.25, -0.2) is 13.6 Å². The van der Waals surface area contributed by atoms with Crippen LogP contribution in [0.15, 0.2) is 18.2 Å². The molecule has 1 aliphatic heterocycles. The highest BCUT2D eigenvalue weighted by Crippen LogP contribution is 2.38. The van der Waals surface area contributed by atoms with Gasteiger partial charge in [0.15, 0.2) is 0 Å². The van der Waals surface area contributed by atoms with Crippen LogP contribution in [-0.4, -0.2) is 29.2 Å². The molecule has 1 N–H and O–H groups in total. The third-order valence-electron chi connectivity index (χ3n) is 3.16.